The molecule has 5 heteroatoms. The van der Waals surface area contributed by atoms with E-state index in [0.29, 0.717) is 5.92 Å². The van der Waals surface area contributed by atoms with Crippen molar-refractivity contribution in [2.45, 2.75) is 26.8 Å². The second-order valence-electron chi connectivity index (χ2n) is 5.80. The highest BCUT2D eigenvalue weighted by Gasteiger charge is 2.11. The fourth-order valence-electron chi connectivity index (χ4n) is 2.27. The zero-order chi connectivity index (χ0) is 16.2. The molecule has 0 aliphatic rings. The highest BCUT2D eigenvalue weighted by atomic mass is 32.1. The minimum Gasteiger partial charge on any atom is -0.463 e. The van der Waals surface area contributed by atoms with Crippen LogP contribution in [0, 0.1) is 11.7 Å². The highest BCUT2D eigenvalue weighted by molar-refractivity contribution is 7.07. The molecule has 0 aliphatic carbocycles. The van der Waals surface area contributed by atoms with E-state index in [0.717, 1.165) is 34.9 Å². The van der Waals surface area contributed by atoms with Crippen molar-refractivity contribution in [3.63, 3.8) is 0 Å². The Balaban J connectivity index is 2.03. The number of halogens is 1. The lowest BCUT2D eigenvalue weighted by Gasteiger charge is -2.09. The van der Waals surface area contributed by atoms with Gasteiger partial charge in [0.1, 0.15) is 5.82 Å². The molecule has 0 saturated carbocycles. The fourth-order valence-corrected chi connectivity index (χ4v) is 3.21. The van der Waals surface area contributed by atoms with Crippen molar-refractivity contribution in [2.75, 3.05) is 0 Å². The van der Waals surface area contributed by atoms with E-state index < -0.39 is 0 Å². The lowest BCUT2D eigenvalue weighted by Crippen LogP contribution is -2.17. The third-order valence-corrected chi connectivity index (χ3v) is 4.42. The maximum Gasteiger partial charge on any atom is 0.190 e. The predicted molar refractivity (Wildman–Crippen MR) is 91.1 cm³/mol. The minimum absolute atomic E-state index is 0.251. The molecule has 1 aromatic carbocycles. The Hall–Kier alpha value is -2.14. The summed E-state index contributed by atoms with van der Waals surface area (Å²) in [6.07, 6.45) is 2.73. The number of hydrogen-bond acceptors (Lipinski definition) is 3. The lowest BCUT2D eigenvalue weighted by molar-refractivity contribution is 0.505. The molecule has 0 fully saturated rings. The number of thiazole rings is 1. The van der Waals surface area contributed by atoms with Crippen LogP contribution >= 0.6 is 11.3 Å². The van der Waals surface area contributed by atoms with E-state index in [4.69, 9.17) is 4.42 Å². The van der Waals surface area contributed by atoms with Gasteiger partial charge in [0.15, 0.2) is 10.6 Å². The van der Waals surface area contributed by atoms with Gasteiger partial charge >= 0.3 is 0 Å². The molecule has 2 heterocycles. The van der Waals surface area contributed by atoms with E-state index in [2.05, 4.69) is 28.8 Å². The number of rotatable bonds is 5. The molecule has 3 rings (SSSR count). The molecule has 0 bridgehead atoms. The van der Waals surface area contributed by atoms with Gasteiger partial charge in [-0.05, 0) is 48.7 Å². The Bertz CT molecular complexity index is 814. The summed E-state index contributed by atoms with van der Waals surface area (Å²) in [5.41, 5.74) is 1.78. The molecule has 0 N–H and O–H groups in total. The summed E-state index contributed by atoms with van der Waals surface area (Å²) in [7, 11) is 0. The predicted octanol–water partition coefficient (Wildman–Crippen LogP) is 5.23. The fraction of sp³-hybridized carbons (Fsp3) is 0.278. The SMILES string of the molecule is CC(C)CCn1c(-c2ccco2)csc1=Nc1ccc(F)cc1. The van der Waals surface area contributed by atoms with Gasteiger partial charge in [0.05, 0.1) is 17.6 Å². The van der Waals surface area contributed by atoms with Crippen LogP contribution in [0.3, 0.4) is 0 Å². The topological polar surface area (TPSA) is 30.4 Å². The van der Waals surface area contributed by atoms with Crippen LogP contribution in [0.2, 0.25) is 0 Å². The van der Waals surface area contributed by atoms with E-state index in [9.17, 15) is 4.39 Å². The summed E-state index contributed by atoms with van der Waals surface area (Å²) in [6.45, 7) is 5.28. The van der Waals surface area contributed by atoms with Crippen LogP contribution in [0.5, 0.6) is 0 Å². The van der Waals surface area contributed by atoms with Crippen LogP contribution in [-0.2, 0) is 6.54 Å². The molecule has 0 spiro atoms. The average Bonchev–Trinajstić information content (AvgIpc) is 3.17. The van der Waals surface area contributed by atoms with Crippen LogP contribution in [0.4, 0.5) is 10.1 Å². The first-order valence-corrected chi connectivity index (χ1v) is 8.54. The van der Waals surface area contributed by atoms with E-state index in [1.54, 1.807) is 29.7 Å². The summed E-state index contributed by atoms with van der Waals surface area (Å²) in [4.78, 5) is 5.56. The van der Waals surface area contributed by atoms with Gasteiger partial charge in [0, 0.05) is 11.9 Å². The zero-order valence-electron chi connectivity index (χ0n) is 13.2. The van der Waals surface area contributed by atoms with Crippen molar-refractivity contribution in [2.24, 2.45) is 10.9 Å². The monoisotopic (exact) mass is 330 g/mol. The molecule has 2 aromatic heterocycles. The molecule has 3 nitrogen and oxygen atoms in total. The standard InChI is InChI=1S/C18H19FN2OS/c1-13(2)9-10-21-16(17-4-3-11-22-17)12-23-18(21)20-15-7-5-14(19)6-8-15/h3-8,11-13H,9-10H2,1-2H3. The van der Waals surface area contributed by atoms with Gasteiger partial charge in [0.25, 0.3) is 0 Å². The number of nitrogens with zero attached hydrogens (tertiary/aromatic N) is 2. The van der Waals surface area contributed by atoms with E-state index in [1.807, 2.05) is 12.1 Å². The van der Waals surface area contributed by atoms with Crippen LogP contribution < -0.4 is 4.80 Å². The highest BCUT2D eigenvalue weighted by Crippen LogP contribution is 2.22. The van der Waals surface area contributed by atoms with Gasteiger partial charge in [-0.25, -0.2) is 9.38 Å². The summed E-state index contributed by atoms with van der Waals surface area (Å²) in [5.74, 6) is 1.19. The summed E-state index contributed by atoms with van der Waals surface area (Å²) < 4.78 is 20.8. The van der Waals surface area contributed by atoms with Crippen molar-refractivity contribution in [3.8, 4) is 11.5 Å². The van der Waals surface area contributed by atoms with Gasteiger partial charge in [-0.3, -0.25) is 0 Å². The van der Waals surface area contributed by atoms with E-state index >= 15 is 0 Å². The van der Waals surface area contributed by atoms with Gasteiger partial charge in [0.2, 0.25) is 0 Å². The molecule has 120 valence electrons. The van der Waals surface area contributed by atoms with Crippen molar-refractivity contribution in [3.05, 3.63) is 58.7 Å². The molecule has 0 radical (unpaired) electrons. The Kier molecular flexibility index (Phi) is 4.76. The first-order chi connectivity index (χ1) is 11.1. The molecule has 23 heavy (non-hydrogen) atoms. The van der Waals surface area contributed by atoms with Gasteiger partial charge < -0.3 is 8.98 Å². The molecule has 3 aromatic rings. The largest absolute Gasteiger partial charge is 0.463 e. The molecular weight excluding hydrogens is 311 g/mol. The Morgan fingerprint density at radius 2 is 2.00 bits per heavy atom. The zero-order valence-corrected chi connectivity index (χ0v) is 14.0. The summed E-state index contributed by atoms with van der Waals surface area (Å²) >= 11 is 1.57. The van der Waals surface area contributed by atoms with E-state index in [1.165, 1.54) is 12.1 Å². The van der Waals surface area contributed by atoms with Gasteiger partial charge in [-0.15, -0.1) is 11.3 Å². The van der Waals surface area contributed by atoms with Gasteiger partial charge in [-0.2, -0.15) is 0 Å². The molecule has 0 unspecified atom stereocenters. The van der Waals surface area contributed by atoms with Crippen LogP contribution in [-0.4, -0.2) is 4.57 Å². The maximum absolute atomic E-state index is 13.0. The molecule has 0 atom stereocenters. The molecule has 0 amide bonds. The second kappa shape index (κ2) is 6.96. The van der Waals surface area contributed by atoms with E-state index in [-0.39, 0.29) is 5.82 Å². The molecule has 0 aliphatic heterocycles. The normalized spacial score (nSPS) is 12.3. The third-order valence-electron chi connectivity index (χ3n) is 3.55. The number of benzene rings is 1. The number of aromatic nitrogens is 1. The minimum atomic E-state index is -0.251. The van der Waals surface area contributed by atoms with Crippen LogP contribution in [0.1, 0.15) is 20.3 Å². The van der Waals surface area contributed by atoms with Crippen molar-refractivity contribution < 1.29 is 8.81 Å². The average molecular weight is 330 g/mol. The van der Waals surface area contributed by atoms with Gasteiger partial charge in [-0.1, -0.05) is 13.8 Å². The number of furan rings is 1. The molecular formula is C18H19FN2OS. The van der Waals surface area contributed by atoms with Crippen molar-refractivity contribution in [1.82, 2.24) is 4.57 Å². The Labute approximate surface area is 138 Å². The van der Waals surface area contributed by atoms with Crippen LogP contribution in [0.15, 0.2) is 57.5 Å². The summed E-state index contributed by atoms with van der Waals surface area (Å²) in [5, 5.41) is 2.06. The first kappa shape index (κ1) is 15.7. The van der Waals surface area contributed by atoms with Crippen molar-refractivity contribution in [1.29, 1.82) is 0 Å². The smallest absolute Gasteiger partial charge is 0.190 e. The second-order valence-corrected chi connectivity index (χ2v) is 6.64. The number of hydrogen-bond donors (Lipinski definition) is 0. The maximum atomic E-state index is 13.0. The third kappa shape index (κ3) is 3.79. The van der Waals surface area contributed by atoms with Crippen molar-refractivity contribution >= 4 is 17.0 Å². The first-order valence-electron chi connectivity index (χ1n) is 7.66. The quantitative estimate of drug-likeness (QED) is 0.630. The molecule has 0 saturated heterocycles. The Morgan fingerprint density at radius 3 is 2.65 bits per heavy atom. The van der Waals surface area contributed by atoms with Crippen LogP contribution in [0.25, 0.3) is 11.5 Å². The summed E-state index contributed by atoms with van der Waals surface area (Å²) in [6, 6.07) is 10.1. The lowest BCUT2D eigenvalue weighted by atomic mass is 10.1. The Morgan fingerprint density at radius 1 is 1.22 bits per heavy atom.